The van der Waals surface area contributed by atoms with Crippen LogP contribution in [-0.2, 0) is 20.7 Å². The van der Waals surface area contributed by atoms with Gasteiger partial charge >= 0.3 is 11.9 Å². The quantitative estimate of drug-likeness (QED) is 0.291. The van der Waals surface area contributed by atoms with Crippen molar-refractivity contribution in [3.05, 3.63) is 81.3 Å². The third-order valence-corrected chi connectivity index (χ3v) is 6.15. The summed E-state index contributed by atoms with van der Waals surface area (Å²) in [5, 5.41) is 15.7. The van der Waals surface area contributed by atoms with Crippen LogP contribution >= 0.6 is 23.2 Å². The number of phenolic OH excluding ortho intramolecular Hbond substituents is 1. The molecule has 3 N–H and O–H groups in total. The first-order valence-corrected chi connectivity index (χ1v) is 11.9. The Kier molecular flexibility index (Phi) is 7.67. The number of aromatic hydroxyl groups is 1. The largest absolute Gasteiger partial charge is 0.507 e. The molecule has 0 heterocycles. The Morgan fingerprint density at radius 3 is 2.50 bits per heavy atom. The molecule has 10 heteroatoms. The van der Waals surface area contributed by atoms with Crippen LogP contribution < -0.4 is 15.4 Å². The van der Waals surface area contributed by atoms with Gasteiger partial charge in [0.1, 0.15) is 11.5 Å². The van der Waals surface area contributed by atoms with E-state index in [2.05, 4.69) is 15.4 Å². The molecule has 1 aliphatic rings. The summed E-state index contributed by atoms with van der Waals surface area (Å²) in [5.74, 6) is -2.40. The highest BCUT2D eigenvalue weighted by atomic mass is 35.5. The number of anilines is 1. The summed E-state index contributed by atoms with van der Waals surface area (Å²) in [6.07, 6.45) is 1.63. The van der Waals surface area contributed by atoms with Gasteiger partial charge in [-0.2, -0.15) is 0 Å². The Labute approximate surface area is 217 Å². The van der Waals surface area contributed by atoms with E-state index in [4.69, 9.17) is 27.9 Å². The maximum atomic E-state index is 13.0. The van der Waals surface area contributed by atoms with Crippen molar-refractivity contribution >= 4 is 46.7 Å². The van der Waals surface area contributed by atoms with Crippen LogP contribution in [0.5, 0.6) is 17.2 Å². The van der Waals surface area contributed by atoms with E-state index < -0.39 is 17.8 Å². The summed E-state index contributed by atoms with van der Waals surface area (Å²) in [4.78, 5) is 36.4. The Bertz CT molecular complexity index is 1320. The van der Waals surface area contributed by atoms with E-state index in [-0.39, 0.29) is 51.2 Å². The molecule has 0 saturated heterocycles. The highest BCUT2D eigenvalue weighted by molar-refractivity contribution is 6.39. The van der Waals surface area contributed by atoms with Crippen LogP contribution in [0.4, 0.5) is 5.69 Å². The second-order valence-electron chi connectivity index (χ2n) is 7.99. The zero-order valence-electron chi connectivity index (χ0n) is 19.1. The number of phenols is 1. The smallest absolute Gasteiger partial charge is 0.397 e. The average Bonchev–Trinajstić information content (AvgIpc) is 3.25. The van der Waals surface area contributed by atoms with Crippen LogP contribution in [0.25, 0.3) is 0 Å². The number of hydrogen-bond acceptors (Lipinski definition) is 6. The number of rotatable bonds is 6. The average molecular weight is 529 g/mol. The number of fused-ring (bicyclic) bond motifs is 1. The summed E-state index contributed by atoms with van der Waals surface area (Å²) in [7, 11) is 0. The number of esters is 1. The standard InChI is InChI=1S/C26H22Cl2N2O6/c1-2-35-26(34)25(33)29-15-11-19(27)23(20(28)12-15)36-16-8-10-22(31)18(13-16)24(32)30-21-9-7-14-5-3-4-6-17(14)21/h3-6,8,10-13,21,31H,2,7,9H2,1H3,(H,29,33)(H,30,32)/t21-/m1/s1. The summed E-state index contributed by atoms with van der Waals surface area (Å²) in [5.41, 5.74) is 2.45. The molecule has 0 aliphatic heterocycles. The maximum Gasteiger partial charge on any atom is 0.397 e. The van der Waals surface area contributed by atoms with Gasteiger partial charge in [-0.1, -0.05) is 47.5 Å². The van der Waals surface area contributed by atoms with Crippen molar-refractivity contribution in [2.75, 3.05) is 11.9 Å². The summed E-state index contributed by atoms with van der Waals surface area (Å²) < 4.78 is 10.4. The summed E-state index contributed by atoms with van der Waals surface area (Å²) in [6.45, 7) is 1.64. The lowest BCUT2D eigenvalue weighted by atomic mass is 10.1. The third kappa shape index (κ3) is 5.56. The molecule has 36 heavy (non-hydrogen) atoms. The number of hydrogen-bond donors (Lipinski definition) is 3. The molecule has 0 unspecified atom stereocenters. The molecule has 0 fully saturated rings. The van der Waals surface area contributed by atoms with Crippen LogP contribution in [0.3, 0.4) is 0 Å². The molecule has 8 nitrogen and oxygen atoms in total. The van der Waals surface area contributed by atoms with Crippen LogP contribution in [0.15, 0.2) is 54.6 Å². The van der Waals surface area contributed by atoms with Crippen LogP contribution in [-0.4, -0.2) is 29.5 Å². The van der Waals surface area contributed by atoms with Gasteiger partial charge in [0.2, 0.25) is 0 Å². The predicted octanol–water partition coefficient (Wildman–Crippen LogP) is 5.41. The molecule has 2 amide bonds. The molecular weight excluding hydrogens is 507 g/mol. The normalized spacial score (nSPS) is 14.0. The molecule has 0 bridgehead atoms. The lowest BCUT2D eigenvalue weighted by molar-refractivity contribution is -0.152. The molecular formula is C26H22Cl2N2O6. The van der Waals surface area contributed by atoms with Crippen molar-refractivity contribution in [1.82, 2.24) is 5.32 Å². The minimum Gasteiger partial charge on any atom is -0.507 e. The van der Waals surface area contributed by atoms with Gasteiger partial charge in [0.25, 0.3) is 5.91 Å². The van der Waals surface area contributed by atoms with Gasteiger partial charge in [-0.15, -0.1) is 0 Å². The summed E-state index contributed by atoms with van der Waals surface area (Å²) in [6, 6.07) is 14.6. The molecule has 3 aromatic carbocycles. The number of ether oxygens (including phenoxy) is 2. The Balaban J connectivity index is 1.50. The molecule has 186 valence electrons. The highest BCUT2D eigenvalue weighted by Crippen LogP contribution is 2.40. The first-order chi connectivity index (χ1) is 17.3. The van der Waals surface area contributed by atoms with Crippen molar-refractivity contribution in [3.8, 4) is 17.2 Å². The SMILES string of the molecule is CCOC(=O)C(=O)Nc1cc(Cl)c(Oc2ccc(O)c(C(=O)N[C@@H]3CCc4ccccc43)c2)c(Cl)c1. The van der Waals surface area contributed by atoms with Gasteiger partial charge < -0.3 is 25.2 Å². The summed E-state index contributed by atoms with van der Waals surface area (Å²) >= 11 is 12.6. The lowest BCUT2D eigenvalue weighted by Crippen LogP contribution is -2.27. The van der Waals surface area contributed by atoms with Crippen LogP contribution in [0, 0.1) is 0 Å². The highest BCUT2D eigenvalue weighted by Gasteiger charge is 2.25. The third-order valence-electron chi connectivity index (χ3n) is 5.59. The van der Waals surface area contributed by atoms with E-state index in [9.17, 15) is 19.5 Å². The monoisotopic (exact) mass is 528 g/mol. The van der Waals surface area contributed by atoms with E-state index in [1.54, 1.807) is 6.92 Å². The van der Waals surface area contributed by atoms with Gasteiger partial charge in [-0.05, 0) is 61.2 Å². The molecule has 4 rings (SSSR count). The van der Waals surface area contributed by atoms with E-state index >= 15 is 0 Å². The number of halogens is 2. The Morgan fingerprint density at radius 1 is 1.06 bits per heavy atom. The lowest BCUT2D eigenvalue weighted by Gasteiger charge is -2.16. The van der Waals surface area contributed by atoms with Crippen molar-refractivity contribution in [2.45, 2.75) is 25.8 Å². The molecule has 0 aromatic heterocycles. The number of carbonyl (C=O) groups is 3. The fourth-order valence-corrected chi connectivity index (χ4v) is 4.49. The molecule has 1 aliphatic carbocycles. The zero-order valence-corrected chi connectivity index (χ0v) is 20.7. The zero-order chi connectivity index (χ0) is 25.8. The Hall–Kier alpha value is -3.75. The fraction of sp³-hybridized carbons (Fsp3) is 0.192. The van der Waals surface area contributed by atoms with Gasteiger partial charge in [-0.25, -0.2) is 4.79 Å². The van der Waals surface area contributed by atoms with Gasteiger partial charge in [0.15, 0.2) is 5.75 Å². The van der Waals surface area contributed by atoms with Gasteiger partial charge in [0.05, 0.1) is 28.3 Å². The van der Waals surface area contributed by atoms with Gasteiger partial charge in [-0.3, -0.25) is 9.59 Å². The maximum absolute atomic E-state index is 13.0. The van der Waals surface area contributed by atoms with E-state index in [1.165, 1.54) is 35.9 Å². The minimum absolute atomic E-state index is 0.0300. The first-order valence-electron chi connectivity index (χ1n) is 11.1. The topological polar surface area (TPSA) is 114 Å². The number of aryl methyl sites for hydroxylation is 1. The van der Waals surface area contributed by atoms with Crippen LogP contribution in [0.2, 0.25) is 10.0 Å². The van der Waals surface area contributed by atoms with Crippen molar-refractivity contribution < 1.29 is 29.0 Å². The Morgan fingerprint density at radius 2 is 1.78 bits per heavy atom. The van der Waals surface area contributed by atoms with E-state index in [0.717, 1.165) is 18.4 Å². The molecule has 0 saturated carbocycles. The fourth-order valence-electron chi connectivity index (χ4n) is 3.93. The number of amides is 2. The molecule has 1 atom stereocenters. The van der Waals surface area contributed by atoms with E-state index in [0.29, 0.717) is 0 Å². The van der Waals surface area contributed by atoms with Crippen molar-refractivity contribution in [3.63, 3.8) is 0 Å². The predicted molar refractivity (Wildman–Crippen MR) is 135 cm³/mol. The molecule has 0 spiro atoms. The molecule has 0 radical (unpaired) electrons. The second kappa shape index (κ2) is 10.9. The minimum atomic E-state index is -1.04. The van der Waals surface area contributed by atoms with Crippen LogP contribution in [0.1, 0.15) is 40.9 Å². The van der Waals surface area contributed by atoms with Crippen molar-refractivity contribution in [1.29, 1.82) is 0 Å². The number of nitrogens with one attached hydrogen (secondary N) is 2. The van der Waals surface area contributed by atoms with Crippen molar-refractivity contribution in [2.24, 2.45) is 0 Å². The van der Waals surface area contributed by atoms with E-state index in [1.807, 2.05) is 24.3 Å². The number of benzene rings is 3. The van der Waals surface area contributed by atoms with Gasteiger partial charge in [0, 0.05) is 5.69 Å². The first kappa shape index (κ1) is 25.3. The number of carbonyl (C=O) groups excluding carboxylic acids is 3. The second-order valence-corrected chi connectivity index (χ2v) is 8.80. The molecule has 3 aromatic rings.